The van der Waals surface area contributed by atoms with Crippen LogP contribution in [0.25, 0.3) is 0 Å². The Morgan fingerprint density at radius 3 is 3.00 bits per heavy atom. The molecule has 1 aromatic heterocycles. The minimum atomic E-state index is -1.03. The van der Waals surface area contributed by atoms with Crippen molar-refractivity contribution in [2.24, 2.45) is 0 Å². The lowest BCUT2D eigenvalue weighted by Gasteiger charge is -1.99. The Hall–Kier alpha value is -2.11. The normalized spacial score (nSPS) is 18.0. The average molecular weight is 193 g/mol. The monoisotopic (exact) mass is 193 g/mol. The van der Waals surface area contributed by atoms with Crippen LogP contribution in [0.3, 0.4) is 0 Å². The predicted octanol–water partition coefficient (Wildman–Crippen LogP) is -0.741. The number of hydrogen-bond acceptors (Lipinski definition) is 3. The topological polar surface area (TPSA) is 70.2 Å². The molecule has 0 radical (unpaired) electrons. The molecule has 2 heterocycles. The number of carboxylic acid groups (broad SMARTS) is 1. The van der Waals surface area contributed by atoms with E-state index in [1.807, 2.05) is 6.08 Å². The summed E-state index contributed by atoms with van der Waals surface area (Å²) in [5.74, 6) is -0.975. The van der Waals surface area contributed by atoms with Crippen LogP contribution in [0.1, 0.15) is 0 Å². The van der Waals surface area contributed by atoms with Gasteiger partial charge in [0.1, 0.15) is 12.4 Å². The van der Waals surface area contributed by atoms with Gasteiger partial charge < -0.3 is 5.11 Å². The van der Waals surface area contributed by atoms with Crippen LogP contribution < -0.4 is 5.43 Å². The first kappa shape index (κ1) is 8.49. The molecule has 0 spiro atoms. The number of aliphatic carboxylic acids is 1. The Labute approximate surface area is 79.7 Å². The molecule has 0 atom stereocenters. The lowest BCUT2D eigenvalue weighted by Crippen LogP contribution is -2.36. The maximum atomic E-state index is 11.0. The van der Waals surface area contributed by atoms with Crippen molar-refractivity contribution in [1.29, 1.82) is 0 Å². The second-order valence-electron chi connectivity index (χ2n) is 2.70. The zero-order valence-corrected chi connectivity index (χ0v) is 7.29. The van der Waals surface area contributed by atoms with Crippen LogP contribution in [0, 0.1) is 0 Å². The number of hydrazone groups is 1. The maximum Gasteiger partial charge on any atom is 0.424 e. The van der Waals surface area contributed by atoms with E-state index < -0.39 is 5.97 Å². The molecular formula is C8H9N4O2+. The van der Waals surface area contributed by atoms with Gasteiger partial charge in [0.25, 0.3) is 0 Å². The van der Waals surface area contributed by atoms with Crippen molar-refractivity contribution in [2.75, 3.05) is 6.54 Å². The highest BCUT2D eigenvalue weighted by Gasteiger charge is 2.26. The largest absolute Gasteiger partial charge is 0.472 e. The van der Waals surface area contributed by atoms with Crippen LogP contribution in [-0.2, 0) is 4.79 Å². The first-order valence-corrected chi connectivity index (χ1v) is 4.08. The van der Waals surface area contributed by atoms with E-state index in [1.165, 1.54) is 15.6 Å². The third-order valence-corrected chi connectivity index (χ3v) is 1.77. The van der Waals surface area contributed by atoms with Crippen LogP contribution in [0.2, 0.25) is 0 Å². The minimum Gasteiger partial charge on any atom is -0.472 e. The molecule has 0 aromatic carbocycles. The molecule has 0 saturated heterocycles. The van der Waals surface area contributed by atoms with E-state index in [4.69, 9.17) is 5.11 Å². The maximum absolute atomic E-state index is 11.0. The van der Waals surface area contributed by atoms with Gasteiger partial charge >= 0.3 is 11.8 Å². The highest BCUT2D eigenvalue weighted by Crippen LogP contribution is 1.92. The van der Waals surface area contributed by atoms with E-state index >= 15 is 0 Å². The third-order valence-electron chi connectivity index (χ3n) is 1.77. The van der Waals surface area contributed by atoms with Gasteiger partial charge in [-0.3, -0.25) is 5.43 Å². The molecule has 6 nitrogen and oxygen atoms in total. The molecule has 1 aliphatic rings. The molecule has 0 amide bonds. The van der Waals surface area contributed by atoms with Gasteiger partial charge in [-0.2, -0.15) is 0 Å². The predicted molar refractivity (Wildman–Crippen MR) is 47.7 cm³/mol. The highest BCUT2D eigenvalue weighted by atomic mass is 16.4. The lowest BCUT2D eigenvalue weighted by molar-refractivity contribution is -0.512. The number of carboxylic acids is 1. The Balaban J connectivity index is 2.48. The Bertz CT molecular complexity index is 405. The van der Waals surface area contributed by atoms with Gasteiger partial charge in [0.2, 0.25) is 0 Å². The second kappa shape index (κ2) is 3.33. The molecule has 0 bridgehead atoms. The smallest absolute Gasteiger partial charge is 0.424 e. The lowest BCUT2D eigenvalue weighted by atomic mass is 10.6. The molecule has 2 N–H and O–H groups in total. The Morgan fingerprint density at radius 1 is 1.64 bits per heavy atom. The van der Waals surface area contributed by atoms with Gasteiger partial charge in [-0.05, 0) is 6.08 Å². The number of aromatic nitrogens is 2. The number of nitrogens with zero attached hydrogens (tertiary/aromatic N) is 3. The molecule has 1 aromatic rings. The molecule has 6 heteroatoms. The number of hydrogen-bond donors (Lipinski definition) is 2. The van der Waals surface area contributed by atoms with E-state index in [1.54, 1.807) is 18.5 Å². The molecular weight excluding hydrogens is 184 g/mol. The van der Waals surface area contributed by atoms with Crippen molar-refractivity contribution in [3.8, 4) is 0 Å². The van der Waals surface area contributed by atoms with Crippen molar-refractivity contribution in [3.05, 3.63) is 30.7 Å². The Kier molecular flexibility index (Phi) is 2.02. The van der Waals surface area contributed by atoms with E-state index in [-0.39, 0.29) is 5.84 Å². The second-order valence-corrected chi connectivity index (χ2v) is 2.70. The quantitative estimate of drug-likeness (QED) is 0.420. The zero-order valence-electron chi connectivity index (χ0n) is 7.29. The third kappa shape index (κ3) is 1.37. The highest BCUT2D eigenvalue weighted by molar-refractivity contribution is 6.32. The summed E-state index contributed by atoms with van der Waals surface area (Å²) in [5.41, 5.74) is 2.87. The van der Waals surface area contributed by atoms with Gasteiger partial charge in [-0.25, -0.2) is 4.79 Å². The van der Waals surface area contributed by atoms with E-state index in [9.17, 15) is 4.79 Å². The average Bonchev–Trinajstić information content (AvgIpc) is 2.75. The SMILES string of the molecule is O=C(O)/C(n1cccn1)=[N+]1/C=CCN1. The Morgan fingerprint density at radius 2 is 2.50 bits per heavy atom. The summed E-state index contributed by atoms with van der Waals surface area (Å²) in [6.45, 7) is 0.623. The summed E-state index contributed by atoms with van der Waals surface area (Å²) in [6, 6.07) is 1.67. The van der Waals surface area contributed by atoms with Crippen molar-refractivity contribution in [2.45, 2.75) is 0 Å². The fourth-order valence-corrected chi connectivity index (χ4v) is 1.21. The van der Waals surface area contributed by atoms with Gasteiger partial charge in [-0.15, -0.1) is 4.68 Å². The number of nitrogens with one attached hydrogen (secondary N) is 1. The molecule has 0 unspecified atom stereocenters. The standard InChI is InChI=1S/C8H8N4O2/c13-8(14)7(11-5-1-3-9-11)12-6-2-4-10-12/h1-3,5-6,10H,4H2/p+1. The van der Waals surface area contributed by atoms with Crippen molar-refractivity contribution < 1.29 is 14.6 Å². The summed E-state index contributed by atoms with van der Waals surface area (Å²) in [5, 5.41) is 12.9. The van der Waals surface area contributed by atoms with Gasteiger partial charge in [0, 0.05) is 6.07 Å². The molecule has 0 aliphatic carbocycles. The molecule has 72 valence electrons. The molecule has 1 aliphatic heterocycles. The minimum absolute atomic E-state index is 0.0590. The molecule has 2 rings (SSSR count). The van der Waals surface area contributed by atoms with E-state index in [2.05, 4.69) is 10.5 Å². The van der Waals surface area contributed by atoms with Gasteiger partial charge in [0.15, 0.2) is 0 Å². The summed E-state index contributed by atoms with van der Waals surface area (Å²) >= 11 is 0. The summed E-state index contributed by atoms with van der Waals surface area (Å²) in [4.78, 5) is 11.0. The molecule has 14 heavy (non-hydrogen) atoms. The van der Waals surface area contributed by atoms with Crippen LogP contribution in [-0.4, -0.2) is 37.9 Å². The fraction of sp³-hybridized carbons (Fsp3) is 0.125. The summed E-state index contributed by atoms with van der Waals surface area (Å²) < 4.78 is 2.72. The van der Waals surface area contributed by atoms with Crippen LogP contribution >= 0.6 is 0 Å². The van der Waals surface area contributed by atoms with Gasteiger partial charge in [-0.1, -0.05) is 9.78 Å². The summed E-state index contributed by atoms with van der Waals surface area (Å²) in [7, 11) is 0. The first-order valence-electron chi connectivity index (χ1n) is 4.08. The first-order chi connectivity index (χ1) is 6.79. The van der Waals surface area contributed by atoms with Crippen LogP contribution in [0.15, 0.2) is 30.7 Å². The molecule has 0 saturated carbocycles. The van der Waals surface area contributed by atoms with Crippen molar-refractivity contribution in [1.82, 2.24) is 15.2 Å². The van der Waals surface area contributed by atoms with Crippen LogP contribution in [0.5, 0.6) is 0 Å². The zero-order chi connectivity index (χ0) is 9.97. The number of rotatable bonds is 0. The molecule has 0 fully saturated rings. The number of carbonyl (C=O) groups is 1. The van der Waals surface area contributed by atoms with Gasteiger partial charge in [0.05, 0.1) is 12.7 Å². The fourth-order valence-electron chi connectivity index (χ4n) is 1.21. The van der Waals surface area contributed by atoms with Crippen LogP contribution in [0.4, 0.5) is 0 Å². The van der Waals surface area contributed by atoms with E-state index in [0.717, 1.165) is 0 Å². The van der Waals surface area contributed by atoms with Crippen molar-refractivity contribution in [3.63, 3.8) is 0 Å². The summed E-state index contributed by atoms with van der Waals surface area (Å²) in [6.07, 6.45) is 6.59. The number of hydrazine groups is 1. The van der Waals surface area contributed by atoms with Crippen molar-refractivity contribution >= 4 is 11.8 Å². The van der Waals surface area contributed by atoms with E-state index in [0.29, 0.717) is 6.54 Å².